The van der Waals surface area contributed by atoms with Gasteiger partial charge in [0, 0.05) is 18.9 Å². The van der Waals surface area contributed by atoms with E-state index in [1.54, 1.807) is 4.68 Å². The van der Waals surface area contributed by atoms with Gasteiger partial charge in [0.25, 0.3) is 0 Å². The minimum Gasteiger partial charge on any atom is -0.287 e. The van der Waals surface area contributed by atoms with Gasteiger partial charge in [0.15, 0.2) is 0 Å². The van der Waals surface area contributed by atoms with E-state index in [0.717, 1.165) is 0 Å². The molecule has 0 saturated carbocycles. The molecule has 0 aromatic carbocycles. The summed E-state index contributed by atoms with van der Waals surface area (Å²) in [4.78, 5) is 19.7. The van der Waals surface area contributed by atoms with Crippen LogP contribution in [0.5, 0.6) is 0 Å². The average Bonchev–Trinajstić information content (AvgIpc) is 2.70. The lowest BCUT2D eigenvalue weighted by Gasteiger charge is -2.03. The fraction of sp³-hybridized carbons (Fsp3) is 0.200. The molecule has 0 aliphatic carbocycles. The molecule has 5 nitrogen and oxygen atoms in total. The Bertz CT molecular complexity index is 509. The maximum absolute atomic E-state index is 12.1. The Labute approximate surface area is 97.1 Å². The largest absolute Gasteiger partial charge is 0.287 e. The molecular formula is C10H9ClN4O. The van der Waals surface area contributed by atoms with Gasteiger partial charge in [-0.15, -0.1) is 0 Å². The lowest BCUT2D eigenvalue weighted by Crippen LogP contribution is -2.11. The van der Waals surface area contributed by atoms with Gasteiger partial charge in [0.2, 0.25) is 5.78 Å². The Hall–Kier alpha value is -1.75. The summed E-state index contributed by atoms with van der Waals surface area (Å²) < 4.78 is 1.55. The van der Waals surface area contributed by atoms with E-state index in [1.165, 1.54) is 24.9 Å². The Morgan fingerprint density at radius 1 is 1.38 bits per heavy atom. The van der Waals surface area contributed by atoms with Gasteiger partial charge in [-0.3, -0.25) is 9.48 Å². The molecule has 0 aliphatic heterocycles. The first-order valence-corrected chi connectivity index (χ1v) is 5.13. The second-order valence-electron chi connectivity index (χ2n) is 3.11. The number of rotatable bonds is 3. The van der Waals surface area contributed by atoms with Crippen LogP contribution in [0.2, 0.25) is 5.02 Å². The number of carbonyl (C=O) groups is 1. The molecular weight excluding hydrogens is 228 g/mol. The zero-order valence-electron chi connectivity index (χ0n) is 8.59. The number of aromatic nitrogens is 4. The summed E-state index contributed by atoms with van der Waals surface area (Å²) in [6.07, 6.45) is 5.74. The van der Waals surface area contributed by atoms with Crippen molar-refractivity contribution in [1.82, 2.24) is 19.7 Å². The van der Waals surface area contributed by atoms with Gasteiger partial charge in [-0.25, -0.2) is 9.97 Å². The molecule has 0 aliphatic rings. The van der Waals surface area contributed by atoms with Crippen molar-refractivity contribution in [3.8, 4) is 0 Å². The first kappa shape index (κ1) is 10.8. The number of hydrogen-bond donors (Lipinski definition) is 0. The summed E-state index contributed by atoms with van der Waals surface area (Å²) in [6.45, 7) is 2.48. The number of carbonyl (C=O) groups excluding carboxylic acids is 1. The van der Waals surface area contributed by atoms with Crippen molar-refractivity contribution in [2.24, 2.45) is 0 Å². The average molecular weight is 237 g/mol. The zero-order chi connectivity index (χ0) is 11.5. The third kappa shape index (κ3) is 1.81. The maximum Gasteiger partial charge on any atom is 0.215 e. The molecule has 16 heavy (non-hydrogen) atoms. The van der Waals surface area contributed by atoms with Gasteiger partial charge in [0.1, 0.15) is 12.0 Å². The molecule has 82 valence electrons. The monoisotopic (exact) mass is 236 g/mol. The molecule has 0 amide bonds. The third-order valence-corrected chi connectivity index (χ3v) is 2.41. The van der Waals surface area contributed by atoms with Crippen LogP contribution < -0.4 is 0 Å². The van der Waals surface area contributed by atoms with Crippen LogP contribution >= 0.6 is 11.6 Å². The number of halogens is 1. The molecule has 0 N–H and O–H groups in total. The number of nitrogens with zero attached hydrogens (tertiary/aromatic N) is 4. The summed E-state index contributed by atoms with van der Waals surface area (Å²) in [7, 11) is 0. The van der Waals surface area contributed by atoms with Crippen molar-refractivity contribution >= 4 is 17.4 Å². The van der Waals surface area contributed by atoms with Gasteiger partial charge >= 0.3 is 0 Å². The molecule has 2 rings (SSSR count). The summed E-state index contributed by atoms with van der Waals surface area (Å²) in [5, 5.41) is 4.35. The molecule has 0 bridgehead atoms. The molecule has 0 unspecified atom stereocenters. The highest BCUT2D eigenvalue weighted by Crippen LogP contribution is 2.18. The molecule has 2 aromatic heterocycles. The fourth-order valence-corrected chi connectivity index (χ4v) is 1.61. The first-order chi connectivity index (χ1) is 7.74. The van der Waals surface area contributed by atoms with Crippen molar-refractivity contribution in [1.29, 1.82) is 0 Å². The number of ketones is 1. The Morgan fingerprint density at radius 3 is 2.69 bits per heavy atom. The minimum atomic E-state index is -0.218. The predicted octanol–water partition coefficient (Wildman–Crippen LogP) is 1.58. The van der Waals surface area contributed by atoms with Gasteiger partial charge < -0.3 is 0 Å². The molecule has 0 spiro atoms. The summed E-state index contributed by atoms with van der Waals surface area (Å²) in [5.74, 6) is -0.218. The summed E-state index contributed by atoms with van der Waals surface area (Å²) in [6, 6.07) is 0. The van der Waals surface area contributed by atoms with Gasteiger partial charge in [0.05, 0.1) is 16.8 Å². The highest BCUT2D eigenvalue weighted by molar-refractivity contribution is 6.34. The van der Waals surface area contributed by atoms with Crippen LogP contribution in [0.15, 0.2) is 24.9 Å². The quantitative estimate of drug-likeness (QED) is 0.759. The second kappa shape index (κ2) is 4.40. The van der Waals surface area contributed by atoms with Crippen LogP contribution in [0, 0.1) is 0 Å². The second-order valence-corrected chi connectivity index (χ2v) is 3.52. The highest BCUT2D eigenvalue weighted by atomic mass is 35.5. The van der Waals surface area contributed by atoms with Gasteiger partial charge in [-0.05, 0) is 6.92 Å². The van der Waals surface area contributed by atoms with Crippen LogP contribution in [0.4, 0.5) is 0 Å². The first-order valence-electron chi connectivity index (χ1n) is 4.75. The lowest BCUT2D eigenvalue weighted by atomic mass is 10.1. The van der Waals surface area contributed by atoms with Crippen molar-refractivity contribution < 1.29 is 4.79 Å². The van der Waals surface area contributed by atoms with E-state index in [9.17, 15) is 4.79 Å². The van der Waals surface area contributed by atoms with Crippen molar-refractivity contribution in [2.75, 3.05) is 0 Å². The molecule has 0 atom stereocenters. The lowest BCUT2D eigenvalue weighted by molar-refractivity contribution is 0.102. The Balaban J connectivity index is 2.45. The summed E-state index contributed by atoms with van der Waals surface area (Å²) in [5.41, 5.74) is 0.776. The number of aryl methyl sites for hydroxylation is 1. The van der Waals surface area contributed by atoms with Gasteiger partial charge in [-0.1, -0.05) is 11.6 Å². The fourth-order valence-electron chi connectivity index (χ4n) is 1.38. The van der Waals surface area contributed by atoms with E-state index in [-0.39, 0.29) is 5.78 Å². The van der Waals surface area contributed by atoms with E-state index in [2.05, 4.69) is 15.1 Å². The van der Waals surface area contributed by atoms with Crippen LogP contribution in [-0.4, -0.2) is 25.5 Å². The van der Waals surface area contributed by atoms with Gasteiger partial charge in [-0.2, -0.15) is 5.10 Å². The van der Waals surface area contributed by atoms with Crippen LogP contribution in [0.1, 0.15) is 23.0 Å². The SMILES string of the molecule is CCn1ncc(Cl)c1C(=O)c1cncnc1. The topological polar surface area (TPSA) is 60.7 Å². The normalized spacial score (nSPS) is 10.4. The smallest absolute Gasteiger partial charge is 0.215 e. The summed E-state index contributed by atoms with van der Waals surface area (Å²) >= 11 is 5.92. The third-order valence-electron chi connectivity index (χ3n) is 2.13. The molecule has 2 heterocycles. The Kier molecular flexibility index (Phi) is 2.96. The van der Waals surface area contributed by atoms with E-state index in [4.69, 9.17) is 11.6 Å². The van der Waals surface area contributed by atoms with Crippen molar-refractivity contribution in [3.63, 3.8) is 0 Å². The van der Waals surface area contributed by atoms with Crippen LogP contribution in [0.25, 0.3) is 0 Å². The Morgan fingerprint density at radius 2 is 2.06 bits per heavy atom. The molecule has 6 heteroatoms. The predicted molar refractivity (Wildman–Crippen MR) is 58.4 cm³/mol. The van der Waals surface area contributed by atoms with E-state index in [1.807, 2.05) is 6.92 Å². The maximum atomic E-state index is 12.1. The van der Waals surface area contributed by atoms with Crippen LogP contribution in [0.3, 0.4) is 0 Å². The molecule has 0 radical (unpaired) electrons. The standard InChI is InChI=1S/C10H9ClN4O/c1-2-15-9(8(11)5-14-15)10(16)7-3-12-6-13-4-7/h3-6H,2H2,1H3. The van der Waals surface area contributed by atoms with Crippen molar-refractivity contribution in [2.45, 2.75) is 13.5 Å². The molecule has 2 aromatic rings. The minimum absolute atomic E-state index is 0.218. The van der Waals surface area contributed by atoms with E-state index >= 15 is 0 Å². The van der Waals surface area contributed by atoms with E-state index < -0.39 is 0 Å². The zero-order valence-corrected chi connectivity index (χ0v) is 9.35. The molecule has 0 saturated heterocycles. The molecule has 0 fully saturated rings. The van der Waals surface area contributed by atoms with Crippen LogP contribution in [-0.2, 0) is 6.54 Å². The van der Waals surface area contributed by atoms with Crippen molar-refractivity contribution in [3.05, 3.63) is 41.2 Å². The van der Waals surface area contributed by atoms with E-state index in [0.29, 0.717) is 22.8 Å². The number of hydrogen-bond acceptors (Lipinski definition) is 4. The highest BCUT2D eigenvalue weighted by Gasteiger charge is 2.18.